The molecular weight excluding hydrogens is 677 g/mol. The Labute approximate surface area is 325 Å². The lowest BCUT2D eigenvalue weighted by molar-refractivity contribution is 1.18. The molecule has 0 fully saturated rings. The lowest BCUT2D eigenvalue weighted by atomic mass is 9.97. The summed E-state index contributed by atoms with van der Waals surface area (Å²) in [6, 6.07) is 81.0. The summed E-state index contributed by atoms with van der Waals surface area (Å²) in [5, 5.41) is 9.61. The molecule has 0 amide bonds. The average molecular weight is 711 g/mol. The maximum atomic E-state index is 3.36. The summed E-state index contributed by atoms with van der Waals surface area (Å²) >= 11 is 0. The zero-order valence-corrected chi connectivity index (χ0v) is 30.5. The van der Waals surface area contributed by atoms with Gasteiger partial charge in [-0.15, -0.1) is 0 Å². The number of aromatic nitrogens is 1. The first-order valence-corrected chi connectivity index (χ1v) is 19.1. The molecule has 11 rings (SSSR count). The Morgan fingerprint density at radius 1 is 0.411 bits per heavy atom. The van der Waals surface area contributed by atoms with Crippen LogP contribution in [0.3, 0.4) is 0 Å². The van der Waals surface area contributed by atoms with E-state index in [1.807, 2.05) is 6.07 Å². The van der Waals surface area contributed by atoms with Crippen molar-refractivity contribution in [2.45, 2.75) is 0 Å². The van der Waals surface area contributed by atoms with E-state index in [4.69, 9.17) is 0 Å². The highest BCUT2D eigenvalue weighted by Crippen LogP contribution is 2.44. The van der Waals surface area contributed by atoms with Crippen molar-refractivity contribution in [1.82, 2.24) is 4.57 Å². The molecule has 0 N–H and O–H groups in total. The topological polar surface area (TPSA) is 8.17 Å². The van der Waals surface area contributed by atoms with Gasteiger partial charge in [-0.25, -0.2) is 0 Å². The molecule has 0 atom stereocenters. The molecule has 0 bridgehead atoms. The Kier molecular flexibility index (Phi) is 7.44. The van der Waals surface area contributed by atoms with Crippen molar-refractivity contribution in [3.8, 4) is 27.9 Å². The minimum Gasteiger partial charge on any atom is -0.310 e. The van der Waals surface area contributed by atoms with Gasteiger partial charge in [-0.3, -0.25) is 0 Å². The summed E-state index contributed by atoms with van der Waals surface area (Å²) in [6.07, 6.45) is 0. The van der Waals surface area contributed by atoms with Gasteiger partial charge < -0.3 is 9.47 Å². The van der Waals surface area contributed by atoms with Crippen LogP contribution in [0.2, 0.25) is 0 Å². The molecule has 1 heterocycles. The minimum atomic E-state index is 1.08. The van der Waals surface area contributed by atoms with Gasteiger partial charge in [0.25, 0.3) is 0 Å². The van der Waals surface area contributed by atoms with Gasteiger partial charge >= 0.3 is 0 Å². The van der Waals surface area contributed by atoms with Crippen LogP contribution in [0.15, 0.2) is 206 Å². The van der Waals surface area contributed by atoms with Gasteiger partial charge in [-0.05, 0) is 117 Å². The molecule has 0 saturated heterocycles. The van der Waals surface area contributed by atoms with Crippen LogP contribution >= 0.6 is 0 Å². The van der Waals surface area contributed by atoms with E-state index in [1.54, 1.807) is 0 Å². The molecule has 0 aliphatic heterocycles. The number of hydrogen-bond acceptors (Lipinski definition) is 1. The van der Waals surface area contributed by atoms with E-state index in [-0.39, 0.29) is 0 Å². The van der Waals surface area contributed by atoms with Crippen molar-refractivity contribution in [2.75, 3.05) is 4.90 Å². The van der Waals surface area contributed by atoms with Crippen LogP contribution in [-0.2, 0) is 0 Å². The van der Waals surface area contributed by atoms with E-state index in [0.717, 1.165) is 50.2 Å². The number of hydrogen-bond donors (Lipinski definition) is 0. The summed E-state index contributed by atoms with van der Waals surface area (Å²) < 4.78 is 2.42. The molecule has 56 heavy (non-hydrogen) atoms. The highest BCUT2D eigenvalue weighted by Gasteiger charge is 2.20. The summed E-state index contributed by atoms with van der Waals surface area (Å²) in [6.45, 7) is 0. The quantitative estimate of drug-likeness (QED) is 0.167. The molecule has 0 radical (unpaired) electrons. The Hall–Kier alpha value is -7.60. The lowest BCUT2D eigenvalue weighted by Crippen LogP contribution is -2.10. The molecule has 0 aliphatic carbocycles. The van der Waals surface area contributed by atoms with Crippen LogP contribution in [0.1, 0.15) is 0 Å². The molecule has 260 valence electrons. The van der Waals surface area contributed by atoms with E-state index in [1.165, 1.54) is 48.9 Å². The highest BCUT2D eigenvalue weighted by atomic mass is 15.1. The fraction of sp³-hybridized carbons (Fsp3) is 0. The summed E-state index contributed by atoms with van der Waals surface area (Å²) in [7, 11) is 0. The second-order valence-corrected chi connectivity index (χ2v) is 14.4. The molecule has 2 heteroatoms. The predicted molar refractivity (Wildman–Crippen MR) is 237 cm³/mol. The van der Waals surface area contributed by atoms with Crippen LogP contribution in [0.5, 0.6) is 0 Å². The van der Waals surface area contributed by atoms with Gasteiger partial charge in [0.15, 0.2) is 0 Å². The fourth-order valence-electron chi connectivity index (χ4n) is 8.62. The van der Waals surface area contributed by atoms with Crippen molar-refractivity contribution < 1.29 is 0 Å². The SMILES string of the molecule is c1ccc2cccc(-c3ccc(N(c4cccc(-c5cccc6c5c5cc7ccccc7cc5n6-c5ccccc5)c4)c4cccc5ccccc45)cc3)c2c#1. The van der Waals surface area contributed by atoms with E-state index < -0.39 is 0 Å². The number of anilines is 3. The van der Waals surface area contributed by atoms with Gasteiger partial charge in [0.1, 0.15) is 0 Å². The molecule has 0 aliphatic rings. The Morgan fingerprint density at radius 2 is 1.11 bits per heavy atom. The zero-order chi connectivity index (χ0) is 37.0. The number of rotatable bonds is 6. The molecule has 0 unspecified atom stereocenters. The second kappa shape index (κ2) is 13.1. The van der Waals surface area contributed by atoms with Crippen molar-refractivity contribution in [1.29, 1.82) is 0 Å². The van der Waals surface area contributed by atoms with Gasteiger partial charge in [-0.1, -0.05) is 146 Å². The van der Waals surface area contributed by atoms with Crippen molar-refractivity contribution in [2.24, 2.45) is 0 Å². The normalized spacial score (nSPS) is 11.4. The van der Waals surface area contributed by atoms with Crippen molar-refractivity contribution >= 4 is 71.2 Å². The van der Waals surface area contributed by atoms with Crippen LogP contribution in [-0.4, -0.2) is 4.57 Å². The van der Waals surface area contributed by atoms with Crippen LogP contribution in [0, 0.1) is 12.1 Å². The van der Waals surface area contributed by atoms with E-state index in [2.05, 4.69) is 222 Å². The third-order valence-corrected chi connectivity index (χ3v) is 11.2. The van der Waals surface area contributed by atoms with Crippen LogP contribution in [0.25, 0.3) is 82.1 Å². The fourth-order valence-corrected chi connectivity index (χ4v) is 8.62. The Morgan fingerprint density at radius 3 is 1.98 bits per heavy atom. The molecule has 11 aromatic rings. The third-order valence-electron chi connectivity index (χ3n) is 11.2. The molecular formula is C54H34N2. The number of fused-ring (bicyclic) bond motifs is 6. The molecule has 0 spiro atoms. The van der Waals surface area contributed by atoms with Crippen molar-refractivity contribution in [3.05, 3.63) is 218 Å². The van der Waals surface area contributed by atoms with Gasteiger partial charge in [-0.2, -0.15) is 0 Å². The largest absolute Gasteiger partial charge is 0.310 e. The highest BCUT2D eigenvalue weighted by molar-refractivity contribution is 6.19. The number of para-hydroxylation sites is 1. The van der Waals surface area contributed by atoms with Crippen LogP contribution in [0.4, 0.5) is 17.1 Å². The smallest absolute Gasteiger partial charge is 0.0547 e. The first-order chi connectivity index (χ1) is 27.8. The zero-order valence-electron chi connectivity index (χ0n) is 30.5. The van der Waals surface area contributed by atoms with Crippen molar-refractivity contribution in [3.63, 3.8) is 0 Å². The van der Waals surface area contributed by atoms with Crippen LogP contribution < -0.4 is 4.90 Å². The lowest BCUT2D eigenvalue weighted by Gasteiger charge is -2.27. The predicted octanol–water partition coefficient (Wildman–Crippen LogP) is 14.6. The van der Waals surface area contributed by atoms with E-state index in [9.17, 15) is 0 Å². The molecule has 10 aromatic carbocycles. The summed E-state index contributed by atoms with van der Waals surface area (Å²) in [4.78, 5) is 2.40. The maximum absolute atomic E-state index is 3.36. The molecule has 0 saturated carbocycles. The third kappa shape index (κ3) is 5.22. The molecule has 2 nitrogen and oxygen atoms in total. The number of benzene rings is 9. The van der Waals surface area contributed by atoms with Gasteiger partial charge in [0.05, 0.1) is 16.7 Å². The van der Waals surface area contributed by atoms with Gasteiger partial charge in [0.2, 0.25) is 0 Å². The average Bonchev–Trinajstić information content (AvgIpc) is 3.59. The summed E-state index contributed by atoms with van der Waals surface area (Å²) in [5.74, 6) is 0. The van der Waals surface area contributed by atoms with E-state index in [0.29, 0.717) is 0 Å². The Bertz CT molecular complexity index is 3240. The first-order valence-electron chi connectivity index (χ1n) is 19.1. The first kappa shape index (κ1) is 31.9. The summed E-state index contributed by atoms with van der Waals surface area (Å²) in [5.41, 5.74) is 11.5. The van der Waals surface area contributed by atoms with Gasteiger partial charge in [0, 0.05) is 38.6 Å². The second-order valence-electron chi connectivity index (χ2n) is 14.4. The van der Waals surface area contributed by atoms with E-state index >= 15 is 0 Å². The standard InChI is InChI=1S/C54H34N2/c1-2-21-43(22-3-1)56-52-29-13-27-49(54(52)50-35-40-16-4-5-17-41(40)36-53(50)56)42-20-10-23-45(34-42)55(51-28-12-19-38-15-7-9-25-48(38)51)44-32-30-39(31-33-44)47-26-11-18-37-14-6-8-24-46(37)47/h1-7,9-23,25-36H. The molecule has 1 aromatic heterocycles. The monoisotopic (exact) mass is 710 g/mol. The Balaban J connectivity index is 1.12. The number of nitrogens with zero attached hydrogens (tertiary/aromatic N) is 2. The maximum Gasteiger partial charge on any atom is 0.0547 e. The minimum absolute atomic E-state index is 1.08.